The Balaban J connectivity index is 1.38. The molecule has 0 saturated carbocycles. The summed E-state index contributed by atoms with van der Waals surface area (Å²) in [5.74, 6) is -0.308. The van der Waals surface area contributed by atoms with E-state index < -0.39 is 5.54 Å². The molecule has 3 amide bonds. The lowest BCUT2D eigenvalue weighted by atomic mass is 9.74. The summed E-state index contributed by atoms with van der Waals surface area (Å²) in [4.78, 5) is 27.1. The predicted octanol–water partition coefficient (Wildman–Crippen LogP) is 3.64. The van der Waals surface area contributed by atoms with Gasteiger partial charge in [0.1, 0.15) is 11.4 Å². The second-order valence-electron chi connectivity index (χ2n) is 8.40. The number of nitrogens with one attached hydrogen (secondary N) is 2. The lowest BCUT2D eigenvalue weighted by molar-refractivity contribution is -0.127. The van der Waals surface area contributed by atoms with Gasteiger partial charge in [-0.15, -0.1) is 0 Å². The van der Waals surface area contributed by atoms with E-state index in [1.807, 2.05) is 24.3 Å². The molecule has 0 aliphatic carbocycles. The van der Waals surface area contributed by atoms with Crippen LogP contribution in [0.4, 0.5) is 9.18 Å². The van der Waals surface area contributed by atoms with E-state index in [1.165, 1.54) is 11.6 Å². The molecular weight excluding hydrogens is 381 g/mol. The molecule has 6 heteroatoms. The third kappa shape index (κ3) is 4.54. The Bertz CT molecular complexity index is 896. The Morgan fingerprint density at radius 1 is 1.00 bits per heavy atom. The van der Waals surface area contributed by atoms with Crippen LogP contribution in [0.15, 0.2) is 54.6 Å². The Morgan fingerprint density at radius 2 is 1.73 bits per heavy atom. The van der Waals surface area contributed by atoms with E-state index >= 15 is 0 Å². The van der Waals surface area contributed by atoms with Gasteiger partial charge in [0.25, 0.3) is 5.91 Å². The molecule has 2 fully saturated rings. The van der Waals surface area contributed by atoms with Crippen LogP contribution >= 0.6 is 0 Å². The molecular formula is C24H28FN3O2. The van der Waals surface area contributed by atoms with Crippen LogP contribution in [0.25, 0.3) is 0 Å². The van der Waals surface area contributed by atoms with Gasteiger partial charge in [-0.25, -0.2) is 9.18 Å². The van der Waals surface area contributed by atoms with Crippen LogP contribution < -0.4 is 10.6 Å². The van der Waals surface area contributed by atoms with Crippen molar-refractivity contribution in [3.8, 4) is 0 Å². The van der Waals surface area contributed by atoms with Crippen molar-refractivity contribution in [3.05, 3.63) is 71.5 Å². The molecule has 0 aromatic heterocycles. The normalized spacial score (nSPS) is 22.7. The van der Waals surface area contributed by atoms with Crippen molar-refractivity contribution >= 4 is 11.9 Å². The SMILES string of the molecule is O=C1NC(=O)[C@@](CCCc2ccccc2)(C2CCN(Cc3cccc(F)c3)CC2)N1. The van der Waals surface area contributed by atoms with Gasteiger partial charge in [0.2, 0.25) is 0 Å². The third-order valence-corrected chi connectivity index (χ3v) is 6.43. The van der Waals surface area contributed by atoms with E-state index in [0.717, 1.165) is 44.3 Å². The molecule has 0 unspecified atom stereocenters. The average molecular weight is 410 g/mol. The second kappa shape index (κ2) is 8.96. The molecule has 0 radical (unpaired) electrons. The van der Waals surface area contributed by atoms with Crippen LogP contribution in [0.2, 0.25) is 0 Å². The highest BCUT2D eigenvalue weighted by Gasteiger charge is 2.51. The van der Waals surface area contributed by atoms with Crippen molar-refractivity contribution in [3.63, 3.8) is 0 Å². The highest BCUT2D eigenvalue weighted by Crippen LogP contribution is 2.35. The van der Waals surface area contributed by atoms with Crippen LogP contribution in [-0.4, -0.2) is 35.5 Å². The molecule has 0 spiro atoms. The molecule has 2 aliphatic rings. The smallest absolute Gasteiger partial charge is 0.322 e. The minimum Gasteiger partial charge on any atom is -0.323 e. The first kappa shape index (κ1) is 20.5. The number of nitrogens with zero attached hydrogens (tertiary/aromatic N) is 1. The van der Waals surface area contributed by atoms with Gasteiger partial charge in [-0.3, -0.25) is 15.0 Å². The Labute approximate surface area is 176 Å². The molecule has 0 bridgehead atoms. The lowest BCUT2D eigenvalue weighted by Gasteiger charge is -2.40. The number of aryl methyl sites for hydroxylation is 1. The minimum absolute atomic E-state index is 0.100. The van der Waals surface area contributed by atoms with E-state index in [2.05, 4.69) is 27.7 Å². The zero-order valence-corrected chi connectivity index (χ0v) is 17.1. The standard InChI is InChI=1S/C24H28FN3O2/c25-21-10-4-8-19(16-21)17-28-14-11-20(12-15-28)24(22(29)26-23(30)27-24)13-5-9-18-6-2-1-3-7-18/h1-4,6-8,10,16,20H,5,9,11-15,17H2,(H2,26,27,29,30)/t24-/m1/s1. The molecule has 4 rings (SSSR count). The number of piperidine rings is 1. The first-order valence-corrected chi connectivity index (χ1v) is 10.7. The minimum atomic E-state index is -0.823. The quantitative estimate of drug-likeness (QED) is 0.687. The van der Waals surface area contributed by atoms with Crippen molar-refractivity contribution in [2.75, 3.05) is 13.1 Å². The van der Waals surface area contributed by atoms with Gasteiger partial charge in [-0.05, 0) is 74.4 Å². The van der Waals surface area contributed by atoms with Crippen LogP contribution in [0.1, 0.15) is 36.8 Å². The van der Waals surface area contributed by atoms with E-state index in [0.29, 0.717) is 13.0 Å². The third-order valence-electron chi connectivity index (χ3n) is 6.43. The number of likely N-dealkylation sites (tertiary alicyclic amines) is 1. The van der Waals surface area contributed by atoms with E-state index in [-0.39, 0.29) is 23.7 Å². The molecule has 2 aromatic carbocycles. The first-order valence-electron chi connectivity index (χ1n) is 10.7. The van der Waals surface area contributed by atoms with Crippen LogP contribution in [0.3, 0.4) is 0 Å². The van der Waals surface area contributed by atoms with Crippen molar-refractivity contribution in [2.45, 2.75) is 44.2 Å². The zero-order chi connectivity index (χ0) is 21.0. The summed E-state index contributed by atoms with van der Waals surface area (Å²) in [6, 6.07) is 16.5. The van der Waals surface area contributed by atoms with Crippen molar-refractivity contribution in [2.24, 2.45) is 5.92 Å². The lowest BCUT2D eigenvalue weighted by Crippen LogP contribution is -2.56. The van der Waals surface area contributed by atoms with Gasteiger partial charge in [0.05, 0.1) is 0 Å². The summed E-state index contributed by atoms with van der Waals surface area (Å²) in [5.41, 5.74) is 1.37. The summed E-state index contributed by atoms with van der Waals surface area (Å²) in [5, 5.41) is 5.44. The number of amides is 3. The topological polar surface area (TPSA) is 61.4 Å². The fraction of sp³-hybridized carbons (Fsp3) is 0.417. The number of carbonyl (C=O) groups is 2. The average Bonchev–Trinajstić information content (AvgIpc) is 3.03. The fourth-order valence-electron chi connectivity index (χ4n) is 4.87. The molecule has 2 saturated heterocycles. The summed E-state index contributed by atoms with van der Waals surface area (Å²) in [7, 11) is 0. The molecule has 2 aliphatic heterocycles. The maximum atomic E-state index is 13.5. The second-order valence-corrected chi connectivity index (χ2v) is 8.40. The highest BCUT2D eigenvalue weighted by molar-refractivity contribution is 6.07. The fourth-order valence-corrected chi connectivity index (χ4v) is 4.87. The number of carbonyl (C=O) groups excluding carboxylic acids is 2. The van der Waals surface area contributed by atoms with Gasteiger partial charge >= 0.3 is 6.03 Å². The first-order chi connectivity index (χ1) is 14.5. The highest BCUT2D eigenvalue weighted by atomic mass is 19.1. The number of benzene rings is 2. The molecule has 158 valence electrons. The van der Waals surface area contributed by atoms with Crippen LogP contribution in [0, 0.1) is 11.7 Å². The van der Waals surface area contributed by atoms with Crippen molar-refractivity contribution in [1.82, 2.24) is 15.5 Å². The predicted molar refractivity (Wildman–Crippen MR) is 113 cm³/mol. The zero-order valence-electron chi connectivity index (χ0n) is 17.1. The Morgan fingerprint density at radius 3 is 2.40 bits per heavy atom. The van der Waals surface area contributed by atoms with Crippen molar-refractivity contribution < 1.29 is 14.0 Å². The van der Waals surface area contributed by atoms with Crippen LogP contribution in [0.5, 0.6) is 0 Å². The molecule has 1 atom stereocenters. The van der Waals surface area contributed by atoms with Gasteiger partial charge in [-0.1, -0.05) is 42.5 Å². The summed E-state index contributed by atoms with van der Waals surface area (Å²) < 4.78 is 13.5. The number of hydrogen-bond donors (Lipinski definition) is 2. The Kier molecular flexibility index (Phi) is 6.13. The molecule has 5 nitrogen and oxygen atoms in total. The van der Waals surface area contributed by atoms with Gasteiger partial charge in [0.15, 0.2) is 0 Å². The molecule has 2 aromatic rings. The number of halogens is 1. The van der Waals surface area contributed by atoms with Gasteiger partial charge < -0.3 is 5.32 Å². The van der Waals surface area contributed by atoms with E-state index in [1.54, 1.807) is 12.1 Å². The largest absolute Gasteiger partial charge is 0.323 e. The molecule has 2 N–H and O–H groups in total. The number of imide groups is 1. The molecule has 2 heterocycles. The van der Waals surface area contributed by atoms with E-state index in [4.69, 9.17) is 0 Å². The summed E-state index contributed by atoms with van der Waals surface area (Å²) >= 11 is 0. The number of urea groups is 1. The summed E-state index contributed by atoms with van der Waals surface area (Å²) in [6.07, 6.45) is 4.00. The monoisotopic (exact) mass is 409 g/mol. The van der Waals surface area contributed by atoms with Gasteiger partial charge in [-0.2, -0.15) is 0 Å². The van der Waals surface area contributed by atoms with E-state index in [9.17, 15) is 14.0 Å². The van der Waals surface area contributed by atoms with Gasteiger partial charge in [0, 0.05) is 6.54 Å². The van der Waals surface area contributed by atoms with Crippen molar-refractivity contribution in [1.29, 1.82) is 0 Å². The maximum Gasteiger partial charge on any atom is 0.322 e. The summed E-state index contributed by atoms with van der Waals surface area (Å²) in [6.45, 7) is 2.35. The van der Waals surface area contributed by atoms with Crippen LogP contribution in [-0.2, 0) is 17.8 Å². The Hall–Kier alpha value is -2.73. The number of hydrogen-bond acceptors (Lipinski definition) is 3. The maximum absolute atomic E-state index is 13.5. The number of rotatable bonds is 7. The molecule has 30 heavy (non-hydrogen) atoms.